The molecule has 0 saturated heterocycles. The van der Waals surface area contributed by atoms with E-state index in [0.717, 1.165) is 10.5 Å². The highest BCUT2D eigenvalue weighted by molar-refractivity contribution is 6.48. The first-order valence-electron chi connectivity index (χ1n) is 10.1. The number of amides is 3. The Hall–Kier alpha value is -3.90. The molecule has 0 saturated carbocycles. The molecule has 1 aliphatic rings. The Labute approximate surface area is 190 Å². The zero-order valence-corrected chi connectivity index (χ0v) is 17.8. The number of hydrogen-bond acceptors (Lipinski definition) is 4. The molecule has 3 aromatic rings. The highest BCUT2D eigenvalue weighted by Crippen LogP contribution is 2.26. The Kier molecular flexibility index (Phi) is 6.33. The molecular weight excluding hydrogens is 426 g/mol. The number of carbonyl (C=O) groups excluding carboxylic acids is 3. The summed E-state index contributed by atoms with van der Waals surface area (Å²) >= 11 is 6.19. The molecule has 0 aromatic heterocycles. The molecule has 0 fully saturated rings. The molecule has 0 radical (unpaired) electrons. The number of rotatable bonds is 7. The van der Waals surface area contributed by atoms with Crippen molar-refractivity contribution in [3.05, 3.63) is 107 Å². The van der Waals surface area contributed by atoms with Crippen LogP contribution in [0.3, 0.4) is 0 Å². The zero-order valence-electron chi connectivity index (χ0n) is 17.0. The van der Waals surface area contributed by atoms with Gasteiger partial charge in [0.1, 0.15) is 10.7 Å². The number of nitrogens with one attached hydrogen (secondary N) is 2. The topological polar surface area (TPSA) is 78.5 Å². The third kappa shape index (κ3) is 4.71. The summed E-state index contributed by atoms with van der Waals surface area (Å²) in [6.07, 6.45) is 0.533. The molecule has 0 aliphatic carbocycles. The number of benzene rings is 3. The number of imide groups is 1. The molecule has 7 heteroatoms. The van der Waals surface area contributed by atoms with Gasteiger partial charge < -0.3 is 10.6 Å². The Balaban J connectivity index is 1.45. The highest BCUT2D eigenvalue weighted by atomic mass is 35.5. The van der Waals surface area contributed by atoms with Crippen molar-refractivity contribution in [1.29, 1.82) is 0 Å². The van der Waals surface area contributed by atoms with E-state index >= 15 is 0 Å². The van der Waals surface area contributed by atoms with Crippen molar-refractivity contribution in [3.63, 3.8) is 0 Å². The van der Waals surface area contributed by atoms with E-state index in [1.165, 1.54) is 0 Å². The van der Waals surface area contributed by atoms with Crippen LogP contribution in [0, 0.1) is 0 Å². The van der Waals surface area contributed by atoms with Gasteiger partial charge in [-0.15, -0.1) is 0 Å². The molecule has 0 spiro atoms. The summed E-state index contributed by atoms with van der Waals surface area (Å²) in [6, 6.07) is 25.3. The molecule has 0 unspecified atom stereocenters. The lowest BCUT2D eigenvalue weighted by Crippen LogP contribution is -2.34. The minimum absolute atomic E-state index is 0.00495. The minimum Gasteiger partial charge on any atom is -0.350 e. The van der Waals surface area contributed by atoms with Crippen molar-refractivity contribution in [3.8, 4) is 0 Å². The monoisotopic (exact) mass is 445 g/mol. The standard InChI is InChI=1S/C25H20ClN3O3/c26-21-22(25(32)29(24(21)31)15-14-17-8-3-1-4-9-17)27-20-13-7-10-18(16-20)23(30)28-19-11-5-2-6-12-19/h1-13,16,27H,14-15H2,(H,28,30). The normalized spacial score (nSPS) is 13.5. The lowest BCUT2D eigenvalue weighted by atomic mass is 10.1. The van der Waals surface area contributed by atoms with Crippen LogP contribution in [-0.2, 0) is 16.0 Å². The fraction of sp³-hybridized carbons (Fsp3) is 0.0800. The quantitative estimate of drug-likeness (QED) is 0.528. The van der Waals surface area contributed by atoms with Gasteiger partial charge in [-0.05, 0) is 42.3 Å². The Morgan fingerprint density at radius 2 is 1.47 bits per heavy atom. The van der Waals surface area contributed by atoms with Gasteiger partial charge in [-0.3, -0.25) is 19.3 Å². The van der Waals surface area contributed by atoms with Crippen molar-refractivity contribution < 1.29 is 14.4 Å². The van der Waals surface area contributed by atoms with Crippen LogP contribution in [0.4, 0.5) is 11.4 Å². The van der Waals surface area contributed by atoms with Gasteiger partial charge in [0, 0.05) is 23.5 Å². The molecule has 4 rings (SSSR count). The van der Waals surface area contributed by atoms with Crippen molar-refractivity contribution in [2.24, 2.45) is 0 Å². The number of nitrogens with zero attached hydrogens (tertiary/aromatic N) is 1. The minimum atomic E-state index is -0.534. The summed E-state index contributed by atoms with van der Waals surface area (Å²) in [5.41, 5.74) is 2.57. The van der Waals surface area contributed by atoms with Gasteiger partial charge in [0.25, 0.3) is 17.7 Å². The molecule has 0 atom stereocenters. The molecule has 0 bridgehead atoms. The van der Waals surface area contributed by atoms with E-state index in [1.54, 1.807) is 36.4 Å². The molecule has 1 aliphatic heterocycles. The fourth-order valence-electron chi connectivity index (χ4n) is 3.35. The van der Waals surface area contributed by atoms with E-state index in [-0.39, 0.29) is 23.2 Å². The van der Waals surface area contributed by atoms with E-state index in [0.29, 0.717) is 23.4 Å². The second kappa shape index (κ2) is 9.49. The summed E-state index contributed by atoms with van der Waals surface area (Å²) in [7, 11) is 0. The third-order valence-electron chi connectivity index (χ3n) is 5.00. The Bertz CT molecular complexity index is 1190. The van der Waals surface area contributed by atoms with Gasteiger partial charge >= 0.3 is 0 Å². The molecular formula is C25H20ClN3O3. The second-order valence-corrected chi connectivity index (χ2v) is 7.59. The zero-order chi connectivity index (χ0) is 22.5. The van der Waals surface area contributed by atoms with Crippen LogP contribution in [-0.4, -0.2) is 29.2 Å². The van der Waals surface area contributed by atoms with Crippen LogP contribution in [0.15, 0.2) is 95.7 Å². The molecule has 1 heterocycles. The summed E-state index contributed by atoms with van der Waals surface area (Å²) in [6.45, 7) is 0.225. The van der Waals surface area contributed by atoms with Gasteiger partial charge in [0.2, 0.25) is 0 Å². The molecule has 6 nitrogen and oxygen atoms in total. The van der Waals surface area contributed by atoms with E-state index in [2.05, 4.69) is 10.6 Å². The lowest BCUT2D eigenvalue weighted by Gasteiger charge is -2.15. The van der Waals surface area contributed by atoms with E-state index in [9.17, 15) is 14.4 Å². The Morgan fingerprint density at radius 3 is 2.19 bits per heavy atom. The van der Waals surface area contributed by atoms with E-state index in [1.807, 2.05) is 48.5 Å². The molecule has 32 heavy (non-hydrogen) atoms. The highest BCUT2D eigenvalue weighted by Gasteiger charge is 2.37. The first kappa shape index (κ1) is 21.3. The van der Waals surface area contributed by atoms with Crippen molar-refractivity contribution >= 4 is 40.7 Å². The average molecular weight is 446 g/mol. The SMILES string of the molecule is O=C(Nc1ccccc1)c1cccc(NC2=C(Cl)C(=O)N(CCc3ccccc3)C2=O)c1. The summed E-state index contributed by atoms with van der Waals surface area (Å²) in [5.74, 6) is -1.32. The van der Waals surface area contributed by atoms with Crippen LogP contribution >= 0.6 is 11.6 Å². The van der Waals surface area contributed by atoms with Gasteiger partial charge in [-0.1, -0.05) is 66.2 Å². The van der Waals surface area contributed by atoms with Crippen molar-refractivity contribution in [2.75, 3.05) is 17.2 Å². The van der Waals surface area contributed by atoms with E-state index < -0.39 is 11.8 Å². The van der Waals surface area contributed by atoms with Gasteiger partial charge in [0.15, 0.2) is 0 Å². The number of halogens is 1. The van der Waals surface area contributed by atoms with Crippen LogP contribution in [0.5, 0.6) is 0 Å². The van der Waals surface area contributed by atoms with Crippen molar-refractivity contribution in [1.82, 2.24) is 4.90 Å². The van der Waals surface area contributed by atoms with Crippen LogP contribution in [0.2, 0.25) is 0 Å². The number of para-hydroxylation sites is 1. The molecule has 3 amide bonds. The molecule has 160 valence electrons. The maximum absolute atomic E-state index is 12.8. The number of carbonyl (C=O) groups is 3. The molecule has 3 aromatic carbocycles. The maximum atomic E-state index is 12.8. The second-order valence-electron chi connectivity index (χ2n) is 7.21. The largest absolute Gasteiger partial charge is 0.350 e. The van der Waals surface area contributed by atoms with Crippen LogP contribution in [0.25, 0.3) is 0 Å². The molecule has 2 N–H and O–H groups in total. The van der Waals surface area contributed by atoms with E-state index in [4.69, 9.17) is 11.6 Å². The fourth-order valence-corrected chi connectivity index (χ4v) is 3.58. The Morgan fingerprint density at radius 1 is 0.812 bits per heavy atom. The third-order valence-corrected chi connectivity index (χ3v) is 5.35. The summed E-state index contributed by atoms with van der Waals surface area (Å²) in [4.78, 5) is 39.0. The summed E-state index contributed by atoms with van der Waals surface area (Å²) < 4.78 is 0. The first-order chi connectivity index (χ1) is 15.5. The number of anilines is 2. The predicted molar refractivity (Wildman–Crippen MR) is 124 cm³/mol. The van der Waals surface area contributed by atoms with Gasteiger partial charge in [-0.2, -0.15) is 0 Å². The average Bonchev–Trinajstić information content (AvgIpc) is 3.02. The van der Waals surface area contributed by atoms with Crippen molar-refractivity contribution in [2.45, 2.75) is 6.42 Å². The van der Waals surface area contributed by atoms with Crippen LogP contribution < -0.4 is 10.6 Å². The van der Waals surface area contributed by atoms with Crippen LogP contribution in [0.1, 0.15) is 15.9 Å². The first-order valence-corrected chi connectivity index (χ1v) is 10.4. The van der Waals surface area contributed by atoms with Gasteiger partial charge in [0.05, 0.1) is 0 Å². The lowest BCUT2D eigenvalue weighted by molar-refractivity contribution is -0.137. The number of hydrogen-bond donors (Lipinski definition) is 2. The van der Waals surface area contributed by atoms with Gasteiger partial charge in [-0.25, -0.2) is 0 Å². The summed E-state index contributed by atoms with van der Waals surface area (Å²) in [5, 5.41) is 5.56. The maximum Gasteiger partial charge on any atom is 0.278 e. The predicted octanol–water partition coefficient (Wildman–Crippen LogP) is 4.41. The smallest absolute Gasteiger partial charge is 0.278 e.